The fraction of sp³-hybridized carbons (Fsp3) is 0.375. The van der Waals surface area contributed by atoms with Gasteiger partial charge >= 0.3 is 0 Å². The topological polar surface area (TPSA) is 84.0 Å². The Morgan fingerprint density at radius 2 is 1.02 bits per heavy atom. The average molecular weight is 607 g/mol. The normalized spacial score (nSPS) is 11.9. The molecular weight excluding hydrogens is 569 g/mol. The zero-order valence-electron chi connectivity index (χ0n) is 24.5. The number of aromatic nitrogens is 2. The number of hydrogen-bond acceptors (Lipinski definition) is 7. The molecule has 2 N–H and O–H groups in total. The highest BCUT2D eigenvalue weighted by Crippen LogP contribution is 2.30. The van der Waals surface area contributed by atoms with Crippen molar-refractivity contribution in [2.24, 2.45) is 0 Å². The highest BCUT2D eigenvalue weighted by Gasteiger charge is 2.16. The van der Waals surface area contributed by atoms with Crippen LogP contribution in [0.25, 0.3) is 22.5 Å². The van der Waals surface area contributed by atoms with Crippen LogP contribution in [-0.2, 0) is 20.4 Å². The van der Waals surface area contributed by atoms with Gasteiger partial charge in [-0.25, -0.2) is 9.97 Å². The minimum Gasteiger partial charge on any atom is -0.302 e. The lowest BCUT2D eigenvalue weighted by Crippen LogP contribution is -2.13. The van der Waals surface area contributed by atoms with Crippen LogP contribution in [0.3, 0.4) is 0 Å². The lowest BCUT2D eigenvalue weighted by molar-refractivity contribution is -0.116. The molecule has 0 aliphatic heterocycles. The second-order valence-electron chi connectivity index (χ2n) is 11.9. The van der Waals surface area contributed by atoms with Crippen molar-refractivity contribution in [3.8, 4) is 22.5 Å². The summed E-state index contributed by atoms with van der Waals surface area (Å²) in [6, 6.07) is 16.8. The first-order valence-corrected chi connectivity index (χ1v) is 16.6. The minimum atomic E-state index is -0.0724. The van der Waals surface area contributed by atoms with Crippen LogP contribution in [0.15, 0.2) is 59.3 Å². The fourth-order valence-electron chi connectivity index (χ4n) is 4.00. The SMILES string of the molecule is CC(C)(C)c1ccc(-c2csc(NC(=O)CCSCCC(=O)Nc3nc(-c4ccc(C(C)(C)C)cc4)cs3)n2)cc1. The van der Waals surface area contributed by atoms with Crippen LogP contribution in [0.4, 0.5) is 10.3 Å². The number of thioether (sulfide) groups is 1. The van der Waals surface area contributed by atoms with Gasteiger partial charge in [0.1, 0.15) is 0 Å². The van der Waals surface area contributed by atoms with Gasteiger partial charge in [-0.1, -0.05) is 90.1 Å². The summed E-state index contributed by atoms with van der Waals surface area (Å²) in [5.41, 5.74) is 6.54. The van der Waals surface area contributed by atoms with Crippen molar-refractivity contribution < 1.29 is 9.59 Å². The molecule has 0 aliphatic rings. The van der Waals surface area contributed by atoms with E-state index < -0.39 is 0 Å². The summed E-state index contributed by atoms with van der Waals surface area (Å²) in [4.78, 5) is 33.9. The maximum absolute atomic E-state index is 12.4. The molecule has 2 aromatic carbocycles. The van der Waals surface area contributed by atoms with Crippen LogP contribution in [0.5, 0.6) is 0 Å². The predicted molar refractivity (Wildman–Crippen MR) is 176 cm³/mol. The maximum atomic E-state index is 12.4. The van der Waals surface area contributed by atoms with E-state index in [1.807, 2.05) is 10.8 Å². The second kappa shape index (κ2) is 13.3. The van der Waals surface area contributed by atoms with Gasteiger partial charge in [0.2, 0.25) is 11.8 Å². The van der Waals surface area contributed by atoms with E-state index in [9.17, 15) is 9.59 Å². The lowest BCUT2D eigenvalue weighted by Gasteiger charge is -2.18. The molecule has 0 spiro atoms. The van der Waals surface area contributed by atoms with Gasteiger partial charge in [0, 0.05) is 46.2 Å². The molecule has 2 amide bonds. The average Bonchev–Trinajstić information content (AvgIpc) is 3.57. The molecule has 41 heavy (non-hydrogen) atoms. The summed E-state index contributed by atoms with van der Waals surface area (Å²) >= 11 is 4.44. The molecule has 0 saturated heterocycles. The van der Waals surface area contributed by atoms with Crippen LogP contribution in [0.1, 0.15) is 65.5 Å². The summed E-state index contributed by atoms with van der Waals surface area (Å²) in [5.74, 6) is 1.13. The van der Waals surface area contributed by atoms with E-state index in [-0.39, 0.29) is 22.6 Å². The quantitative estimate of drug-likeness (QED) is 0.177. The molecule has 0 aliphatic carbocycles. The summed E-state index contributed by atoms with van der Waals surface area (Å²) in [6.07, 6.45) is 0.733. The molecule has 0 fully saturated rings. The van der Waals surface area contributed by atoms with E-state index in [1.165, 1.54) is 33.8 Å². The molecule has 2 aromatic heterocycles. The van der Waals surface area contributed by atoms with E-state index in [0.717, 1.165) is 22.5 Å². The number of carbonyl (C=O) groups excluding carboxylic acids is 2. The Bertz CT molecular complexity index is 1350. The molecule has 6 nitrogen and oxygen atoms in total. The third kappa shape index (κ3) is 8.99. The number of carbonyl (C=O) groups is 2. The van der Waals surface area contributed by atoms with Gasteiger partial charge in [-0.05, 0) is 22.0 Å². The van der Waals surface area contributed by atoms with Gasteiger partial charge in [-0.2, -0.15) is 11.8 Å². The van der Waals surface area contributed by atoms with E-state index >= 15 is 0 Å². The highest BCUT2D eigenvalue weighted by molar-refractivity contribution is 7.99. The van der Waals surface area contributed by atoms with Gasteiger partial charge in [0.25, 0.3) is 0 Å². The first kappa shape index (κ1) is 30.9. The van der Waals surface area contributed by atoms with Gasteiger partial charge in [0.15, 0.2) is 10.3 Å². The van der Waals surface area contributed by atoms with E-state index in [2.05, 4.69) is 111 Å². The summed E-state index contributed by atoms with van der Waals surface area (Å²) in [5, 5.41) is 10.9. The number of thiazole rings is 2. The molecule has 0 bridgehead atoms. The van der Waals surface area contributed by atoms with Crippen molar-refractivity contribution in [1.82, 2.24) is 9.97 Å². The van der Waals surface area contributed by atoms with Crippen LogP contribution in [-0.4, -0.2) is 33.3 Å². The molecule has 216 valence electrons. The Labute approximate surface area is 255 Å². The molecule has 2 heterocycles. The Balaban J connectivity index is 1.14. The monoisotopic (exact) mass is 606 g/mol. The smallest absolute Gasteiger partial charge is 0.226 e. The number of benzene rings is 2. The Kier molecular flexibility index (Phi) is 10.0. The predicted octanol–water partition coefficient (Wildman–Crippen LogP) is 8.62. The van der Waals surface area contributed by atoms with Crippen molar-refractivity contribution in [3.63, 3.8) is 0 Å². The summed E-state index contributed by atoms with van der Waals surface area (Å²) in [6.45, 7) is 13.2. The fourth-order valence-corrected chi connectivity index (χ4v) is 6.34. The summed E-state index contributed by atoms with van der Waals surface area (Å²) < 4.78 is 0. The first-order chi connectivity index (χ1) is 19.4. The third-order valence-corrected chi connectivity index (χ3v) is 9.04. The molecule has 4 aromatic rings. The van der Waals surface area contributed by atoms with Crippen molar-refractivity contribution in [1.29, 1.82) is 0 Å². The molecule has 0 saturated carbocycles. The van der Waals surface area contributed by atoms with Crippen molar-refractivity contribution in [2.45, 2.75) is 65.2 Å². The van der Waals surface area contributed by atoms with Gasteiger partial charge in [0.05, 0.1) is 11.4 Å². The number of amides is 2. The summed E-state index contributed by atoms with van der Waals surface area (Å²) in [7, 11) is 0. The van der Waals surface area contributed by atoms with Crippen LogP contribution < -0.4 is 10.6 Å². The Morgan fingerprint density at radius 3 is 1.37 bits per heavy atom. The van der Waals surface area contributed by atoms with Gasteiger partial charge < -0.3 is 10.6 Å². The molecule has 0 atom stereocenters. The van der Waals surface area contributed by atoms with E-state index in [4.69, 9.17) is 0 Å². The molecule has 4 rings (SSSR count). The number of rotatable bonds is 10. The van der Waals surface area contributed by atoms with E-state index in [1.54, 1.807) is 11.8 Å². The van der Waals surface area contributed by atoms with Gasteiger partial charge in [-0.3, -0.25) is 9.59 Å². The van der Waals surface area contributed by atoms with Gasteiger partial charge in [-0.15, -0.1) is 22.7 Å². The molecular formula is C32H38N4O2S3. The van der Waals surface area contributed by atoms with Crippen LogP contribution in [0.2, 0.25) is 0 Å². The second-order valence-corrected chi connectivity index (χ2v) is 14.9. The molecule has 0 unspecified atom stereocenters. The maximum Gasteiger partial charge on any atom is 0.226 e. The number of anilines is 2. The zero-order chi connectivity index (χ0) is 29.6. The standard InChI is InChI=1S/C32H38N4O2S3/c1-31(2,3)23-11-7-21(8-12-23)25-19-40-29(33-25)35-27(37)15-17-39-18-16-28(38)36-30-34-26(20-41-30)22-9-13-24(14-10-22)32(4,5)6/h7-14,19-20H,15-18H2,1-6H3,(H,33,35,37)(H,34,36,38). The van der Waals surface area contributed by atoms with Crippen molar-refractivity contribution >= 4 is 56.5 Å². The third-order valence-electron chi connectivity index (χ3n) is 6.54. The molecule has 0 radical (unpaired) electrons. The zero-order valence-corrected chi connectivity index (χ0v) is 27.0. The van der Waals surface area contributed by atoms with Crippen LogP contribution >= 0.6 is 34.4 Å². The Morgan fingerprint density at radius 1 is 0.659 bits per heavy atom. The number of hydrogen-bond donors (Lipinski definition) is 2. The van der Waals surface area contributed by atoms with Crippen LogP contribution in [0, 0.1) is 0 Å². The van der Waals surface area contributed by atoms with E-state index in [0.29, 0.717) is 34.6 Å². The molecule has 9 heteroatoms. The number of nitrogens with one attached hydrogen (secondary N) is 2. The lowest BCUT2D eigenvalue weighted by atomic mass is 9.86. The first-order valence-electron chi connectivity index (χ1n) is 13.7. The Hall–Kier alpha value is -3.01. The number of nitrogens with zero attached hydrogens (tertiary/aromatic N) is 2. The highest BCUT2D eigenvalue weighted by atomic mass is 32.2. The minimum absolute atomic E-state index is 0.0724. The van der Waals surface area contributed by atoms with Crippen molar-refractivity contribution in [3.05, 3.63) is 70.4 Å². The largest absolute Gasteiger partial charge is 0.302 e. The van der Waals surface area contributed by atoms with Crippen molar-refractivity contribution in [2.75, 3.05) is 22.1 Å².